The summed E-state index contributed by atoms with van der Waals surface area (Å²) in [7, 11) is -4.24. The number of aromatic nitrogens is 2. The molecule has 4 N–H and O–H groups in total. The topological polar surface area (TPSA) is 145 Å². The van der Waals surface area contributed by atoms with Crippen LogP contribution in [0.2, 0.25) is 0 Å². The maximum atomic E-state index is 12.4. The molecule has 0 unspecified atom stereocenters. The third-order valence-electron chi connectivity index (χ3n) is 2.80. The zero-order chi connectivity index (χ0) is 15.8. The van der Waals surface area contributed by atoms with Crippen LogP contribution in [0.25, 0.3) is 0 Å². The molecule has 0 spiro atoms. The van der Waals surface area contributed by atoms with Gasteiger partial charge in [0.2, 0.25) is 0 Å². The van der Waals surface area contributed by atoms with Gasteiger partial charge in [-0.1, -0.05) is 17.7 Å². The number of nitrogens with zero attached hydrogens (tertiary/aromatic N) is 3. The lowest BCUT2D eigenvalue weighted by atomic mass is 10.2. The highest BCUT2D eigenvalue weighted by atomic mass is 32.2. The summed E-state index contributed by atoms with van der Waals surface area (Å²) >= 11 is 0. The van der Waals surface area contributed by atoms with E-state index in [1.165, 1.54) is 12.1 Å². The van der Waals surface area contributed by atoms with Crippen LogP contribution in [0, 0.1) is 18.3 Å². The molecule has 0 saturated heterocycles. The first kappa shape index (κ1) is 14.5. The summed E-state index contributed by atoms with van der Waals surface area (Å²) < 4.78 is 25.2. The van der Waals surface area contributed by atoms with Gasteiger partial charge in [0.15, 0.2) is 5.69 Å². The van der Waals surface area contributed by atoms with Crippen molar-refractivity contribution in [2.45, 2.75) is 11.8 Å². The van der Waals surface area contributed by atoms with Crippen molar-refractivity contribution in [3.8, 4) is 6.07 Å². The molecule has 0 amide bonds. The zero-order valence-electron chi connectivity index (χ0n) is 10.9. The van der Waals surface area contributed by atoms with Gasteiger partial charge in [0.1, 0.15) is 17.6 Å². The largest absolute Gasteiger partial charge is 0.393 e. The molecule has 0 fully saturated rings. The van der Waals surface area contributed by atoms with Gasteiger partial charge < -0.3 is 11.5 Å². The van der Waals surface area contributed by atoms with E-state index in [1.807, 2.05) is 0 Å². The molecule has 1 heterocycles. The predicted octanol–water partition coefficient (Wildman–Crippen LogP) is -0.175. The lowest BCUT2D eigenvalue weighted by Crippen LogP contribution is -2.33. The zero-order valence-corrected chi connectivity index (χ0v) is 11.8. The van der Waals surface area contributed by atoms with Gasteiger partial charge in [0.05, 0.1) is 4.90 Å². The monoisotopic (exact) mass is 305 g/mol. The summed E-state index contributed by atoms with van der Waals surface area (Å²) in [5.74, 6) is -0.535. The molecule has 0 aliphatic carbocycles. The molecule has 8 nitrogen and oxygen atoms in total. The highest BCUT2D eigenvalue weighted by Crippen LogP contribution is 2.20. The minimum absolute atomic E-state index is 0.132. The van der Waals surface area contributed by atoms with Crippen LogP contribution < -0.4 is 17.2 Å². The molecule has 108 valence electrons. The Morgan fingerprint density at radius 3 is 2.33 bits per heavy atom. The van der Waals surface area contributed by atoms with Gasteiger partial charge in [-0.15, -0.1) is 0 Å². The minimum atomic E-state index is -4.24. The Kier molecular flexibility index (Phi) is 3.40. The number of hydrogen-bond acceptors (Lipinski definition) is 7. The van der Waals surface area contributed by atoms with Crippen LogP contribution in [0.5, 0.6) is 0 Å². The van der Waals surface area contributed by atoms with E-state index in [4.69, 9.17) is 16.7 Å². The second-order valence-electron chi connectivity index (χ2n) is 4.24. The Hall–Kier alpha value is -2.86. The number of anilines is 2. The number of hydrogen-bond donors (Lipinski definition) is 2. The van der Waals surface area contributed by atoms with Crippen LogP contribution in [0.15, 0.2) is 34.0 Å². The molecule has 9 heteroatoms. The quantitative estimate of drug-likeness (QED) is 0.783. The second kappa shape index (κ2) is 4.92. The molecule has 1 aromatic carbocycles. The average molecular weight is 305 g/mol. The van der Waals surface area contributed by atoms with E-state index in [0.717, 1.165) is 5.56 Å². The van der Waals surface area contributed by atoms with E-state index in [2.05, 4.69) is 4.98 Å². The number of aryl methyl sites for hydroxylation is 1. The molecule has 2 rings (SSSR count). The van der Waals surface area contributed by atoms with Gasteiger partial charge in [-0.05, 0) is 19.1 Å². The van der Waals surface area contributed by atoms with Crippen molar-refractivity contribution >= 4 is 21.5 Å². The van der Waals surface area contributed by atoms with Crippen molar-refractivity contribution in [2.24, 2.45) is 0 Å². The average Bonchev–Trinajstić information content (AvgIpc) is 2.43. The van der Waals surface area contributed by atoms with Crippen molar-refractivity contribution in [3.05, 3.63) is 46.0 Å². The fourth-order valence-corrected chi connectivity index (χ4v) is 2.96. The van der Waals surface area contributed by atoms with Gasteiger partial charge in [0.25, 0.3) is 10.0 Å². The molecule has 0 radical (unpaired) electrons. The Morgan fingerprint density at radius 1 is 1.24 bits per heavy atom. The van der Waals surface area contributed by atoms with E-state index in [9.17, 15) is 13.2 Å². The molecule has 0 saturated carbocycles. The summed E-state index contributed by atoms with van der Waals surface area (Å²) in [5, 5.41) is 8.76. The SMILES string of the molecule is Cc1ccc(S(=O)(=O)n2c(N)c(N)c(C#N)nc2=O)cc1. The van der Waals surface area contributed by atoms with Crippen LogP contribution in [-0.2, 0) is 10.0 Å². The Balaban J connectivity index is 2.78. The Bertz CT molecular complexity index is 908. The molecule has 0 aliphatic heterocycles. The normalized spacial score (nSPS) is 11.0. The first-order valence-corrected chi connectivity index (χ1v) is 7.13. The van der Waals surface area contributed by atoms with Crippen molar-refractivity contribution < 1.29 is 8.42 Å². The molecule has 1 aromatic heterocycles. The summed E-state index contributed by atoms with van der Waals surface area (Å²) in [5.41, 5.74) is 10.0. The smallest absolute Gasteiger partial charge is 0.364 e. The van der Waals surface area contributed by atoms with Crippen LogP contribution in [0.4, 0.5) is 11.5 Å². The van der Waals surface area contributed by atoms with E-state index >= 15 is 0 Å². The number of nitrogen functional groups attached to an aromatic ring is 2. The van der Waals surface area contributed by atoms with Gasteiger partial charge in [-0.3, -0.25) is 0 Å². The number of nitriles is 1. The number of rotatable bonds is 2. The molecule has 21 heavy (non-hydrogen) atoms. The van der Waals surface area contributed by atoms with Crippen molar-refractivity contribution in [3.63, 3.8) is 0 Å². The lowest BCUT2D eigenvalue weighted by molar-refractivity contribution is 0.585. The Labute approximate surface area is 120 Å². The van der Waals surface area contributed by atoms with Crippen LogP contribution >= 0.6 is 0 Å². The van der Waals surface area contributed by atoms with E-state index in [-0.39, 0.29) is 14.6 Å². The van der Waals surface area contributed by atoms with Crippen molar-refractivity contribution in [1.29, 1.82) is 5.26 Å². The summed E-state index contributed by atoms with van der Waals surface area (Å²) in [6.45, 7) is 1.79. The summed E-state index contributed by atoms with van der Waals surface area (Å²) in [6, 6.07) is 7.41. The number of nitrogens with two attached hydrogens (primary N) is 2. The molecule has 0 atom stereocenters. The standard InChI is InChI=1S/C12H11N5O3S/c1-7-2-4-8(5-3-7)21(19,20)17-11(15)10(14)9(6-13)16-12(17)18/h2-5H,14-15H2,1H3. The van der Waals surface area contributed by atoms with Crippen LogP contribution in [-0.4, -0.2) is 17.4 Å². The molecular weight excluding hydrogens is 294 g/mol. The highest BCUT2D eigenvalue weighted by Gasteiger charge is 2.24. The third kappa shape index (κ3) is 2.32. The fourth-order valence-electron chi connectivity index (χ4n) is 1.67. The van der Waals surface area contributed by atoms with Gasteiger partial charge in [-0.25, -0.2) is 13.2 Å². The number of benzene rings is 1. The lowest BCUT2D eigenvalue weighted by Gasteiger charge is -2.12. The third-order valence-corrected chi connectivity index (χ3v) is 4.50. The molecule has 0 aliphatic rings. The van der Waals surface area contributed by atoms with E-state index in [1.54, 1.807) is 25.1 Å². The first-order valence-electron chi connectivity index (χ1n) is 5.69. The first-order chi connectivity index (χ1) is 9.78. The molecule has 0 bridgehead atoms. The van der Waals surface area contributed by atoms with E-state index < -0.39 is 27.2 Å². The van der Waals surface area contributed by atoms with Crippen LogP contribution in [0.3, 0.4) is 0 Å². The van der Waals surface area contributed by atoms with Gasteiger partial charge >= 0.3 is 5.69 Å². The van der Waals surface area contributed by atoms with Gasteiger partial charge in [-0.2, -0.15) is 14.2 Å². The molecule has 2 aromatic rings. The summed E-state index contributed by atoms with van der Waals surface area (Å²) in [6.07, 6.45) is 0. The van der Waals surface area contributed by atoms with Crippen molar-refractivity contribution in [2.75, 3.05) is 11.5 Å². The summed E-state index contributed by atoms with van der Waals surface area (Å²) in [4.78, 5) is 15.0. The van der Waals surface area contributed by atoms with Crippen LogP contribution in [0.1, 0.15) is 11.3 Å². The predicted molar refractivity (Wildman–Crippen MR) is 75.8 cm³/mol. The maximum Gasteiger partial charge on any atom is 0.364 e. The fraction of sp³-hybridized carbons (Fsp3) is 0.0833. The minimum Gasteiger partial charge on any atom is -0.393 e. The van der Waals surface area contributed by atoms with Crippen molar-refractivity contribution in [1.82, 2.24) is 8.96 Å². The molecular formula is C12H11N5O3S. The van der Waals surface area contributed by atoms with Gasteiger partial charge in [0, 0.05) is 0 Å². The van der Waals surface area contributed by atoms with E-state index in [0.29, 0.717) is 0 Å². The maximum absolute atomic E-state index is 12.4. The second-order valence-corrected chi connectivity index (χ2v) is 6.02. The Morgan fingerprint density at radius 2 is 1.81 bits per heavy atom. The highest BCUT2D eigenvalue weighted by molar-refractivity contribution is 7.90.